The van der Waals surface area contributed by atoms with Gasteiger partial charge in [-0.2, -0.15) is 10.2 Å². The Hall–Kier alpha value is -5.68. The highest BCUT2D eigenvalue weighted by Crippen LogP contribution is 2.38. The van der Waals surface area contributed by atoms with Gasteiger partial charge in [-0.1, -0.05) is 17.9 Å². The molecule has 5 aliphatic heterocycles. The molecule has 4 saturated heterocycles. The Morgan fingerprint density at radius 2 is 1.88 bits per heavy atom. The molecule has 3 amide bonds. The van der Waals surface area contributed by atoms with Gasteiger partial charge in [0.2, 0.25) is 11.8 Å². The lowest BCUT2D eigenvalue weighted by atomic mass is 9.85. The lowest BCUT2D eigenvalue weighted by molar-refractivity contribution is -0.135. The third-order valence-electron chi connectivity index (χ3n) is 14.1. The van der Waals surface area contributed by atoms with E-state index in [2.05, 4.69) is 48.5 Å². The second-order valence-electron chi connectivity index (χ2n) is 18.0. The molecule has 1 saturated carbocycles. The molecule has 1 aliphatic carbocycles. The van der Waals surface area contributed by atoms with Gasteiger partial charge >= 0.3 is 5.69 Å². The van der Waals surface area contributed by atoms with Crippen LogP contribution < -0.4 is 21.2 Å². The number of likely N-dealkylation sites (N-methyl/N-ethyl adjacent to an activating group) is 1. The average molecular weight is 882 g/mol. The number of carbonyl (C=O) groups is 3. The van der Waals surface area contributed by atoms with Gasteiger partial charge in [-0.05, 0) is 75.5 Å². The quantitative estimate of drug-likeness (QED) is 0.176. The molecule has 0 spiro atoms. The van der Waals surface area contributed by atoms with Crippen LogP contribution in [0.4, 0.5) is 20.3 Å². The first kappa shape index (κ1) is 42.3. The number of halogens is 2. The summed E-state index contributed by atoms with van der Waals surface area (Å²) in [5, 5.41) is 13.8. The summed E-state index contributed by atoms with van der Waals surface area (Å²) in [7, 11) is 3.58. The molecule has 6 aliphatic rings. The van der Waals surface area contributed by atoms with Crippen molar-refractivity contribution in [3.05, 3.63) is 64.0 Å². The summed E-state index contributed by atoms with van der Waals surface area (Å²) in [6, 6.07) is 4.96. The van der Waals surface area contributed by atoms with E-state index in [0.717, 1.165) is 71.1 Å². The van der Waals surface area contributed by atoms with Crippen LogP contribution in [0.5, 0.6) is 0 Å². The Morgan fingerprint density at radius 3 is 2.61 bits per heavy atom. The van der Waals surface area contributed by atoms with Gasteiger partial charge in [-0.15, -0.1) is 0 Å². The standard InChI is InChI=1S/C45H53F2N11O6/c1-52-38(55-24-32-21-30(55)26-64-32)16-19-56-44(52)33(22-48-56)42(60)49-34-25-57(51-39(34)41(46)47)29-10-8-27(9-11-29)23-54-17-14-31(15-18-54)63-20-4-6-28-5-3-7-35-40(28)53(2)45(62)58(35)36-12-13-37(59)50-43(36)61/h3,5,7,16,19,22,25,27,29-32,36,38,41H,8-15,17-18,20-21,23-24,26H2,1-2H3,(H,49,60)(H,50,59,61)/t27?,29?,30-,32-,36?,38?/m0/s1. The Morgan fingerprint density at radius 1 is 1.06 bits per heavy atom. The number of piperidine rings is 2. The fourth-order valence-electron chi connectivity index (χ4n) is 10.8. The van der Waals surface area contributed by atoms with Gasteiger partial charge in [0, 0.05) is 65.1 Å². The lowest BCUT2D eigenvalue weighted by Gasteiger charge is -2.41. The zero-order valence-electron chi connectivity index (χ0n) is 36.0. The SMILES string of the molecule is CN1c2c(C(=O)Nc3cn(C4CCC(CN5CCC(OCC#Cc6cccc7c6n(C)c(=O)n7C6CCC(=O)NC6=O)CC5)CC4)nc3C(F)F)cnn2C=CC1N1C[C@@H]2C[C@H]1CO2. The number of imide groups is 1. The normalized spacial score (nSPS) is 26.4. The van der Waals surface area contributed by atoms with E-state index in [4.69, 9.17) is 9.47 Å². The van der Waals surface area contributed by atoms with Crippen LogP contribution in [0.2, 0.25) is 0 Å². The Balaban J connectivity index is 0.696. The number of imidazole rings is 1. The molecule has 19 heteroatoms. The summed E-state index contributed by atoms with van der Waals surface area (Å²) < 4.78 is 46.9. The van der Waals surface area contributed by atoms with E-state index in [0.29, 0.717) is 46.5 Å². The topological polar surface area (TPSA) is 166 Å². The number of nitrogens with zero attached hydrogens (tertiary/aromatic N) is 9. The number of ether oxygens (including phenoxy) is 2. The summed E-state index contributed by atoms with van der Waals surface area (Å²) in [5.41, 5.74) is 1.44. The molecule has 10 rings (SSSR count). The van der Waals surface area contributed by atoms with Crippen LogP contribution in [0, 0.1) is 17.8 Å². The zero-order valence-corrected chi connectivity index (χ0v) is 36.0. The maximum atomic E-state index is 14.4. The van der Waals surface area contributed by atoms with Gasteiger partial charge in [0.1, 0.15) is 30.2 Å². The largest absolute Gasteiger partial charge is 0.375 e. The number of amides is 3. The van der Waals surface area contributed by atoms with E-state index >= 15 is 0 Å². The Bertz CT molecular complexity index is 2610. The summed E-state index contributed by atoms with van der Waals surface area (Å²) in [4.78, 5) is 58.1. The highest BCUT2D eigenvalue weighted by molar-refractivity contribution is 6.08. The molecule has 338 valence electrons. The second kappa shape index (κ2) is 17.4. The number of rotatable bonds is 10. The number of likely N-dealkylation sites (tertiary alicyclic amines) is 2. The number of anilines is 2. The molecule has 1 aromatic carbocycles. The predicted octanol–water partition coefficient (Wildman–Crippen LogP) is 3.88. The molecule has 8 heterocycles. The minimum absolute atomic E-state index is 0.0174. The van der Waals surface area contributed by atoms with Crippen LogP contribution in [0.3, 0.4) is 0 Å². The molecule has 3 aromatic heterocycles. The lowest BCUT2D eigenvalue weighted by Crippen LogP contribution is -2.52. The number of fused-ring (bicyclic) bond motifs is 4. The van der Waals surface area contributed by atoms with E-state index in [1.165, 1.54) is 15.3 Å². The first-order valence-electron chi connectivity index (χ1n) is 22.4. The minimum Gasteiger partial charge on any atom is -0.375 e. The van der Waals surface area contributed by atoms with Crippen LogP contribution in [-0.4, -0.2) is 127 Å². The number of aryl methyl sites for hydroxylation is 1. The van der Waals surface area contributed by atoms with Crippen LogP contribution in [0.15, 0.2) is 41.5 Å². The maximum Gasteiger partial charge on any atom is 0.329 e. The number of hydrogen-bond donors (Lipinski definition) is 2. The molecule has 2 N–H and O–H groups in total. The molecule has 0 radical (unpaired) electrons. The van der Waals surface area contributed by atoms with Crippen LogP contribution >= 0.6 is 0 Å². The van der Waals surface area contributed by atoms with E-state index in [-0.39, 0.29) is 61.1 Å². The summed E-state index contributed by atoms with van der Waals surface area (Å²) in [6.45, 7) is 4.54. The minimum atomic E-state index is -2.85. The first-order valence-corrected chi connectivity index (χ1v) is 22.4. The molecular weight excluding hydrogens is 829 g/mol. The number of para-hydroxylation sites is 1. The maximum absolute atomic E-state index is 14.4. The number of aromatic nitrogens is 6. The Kier molecular flexibility index (Phi) is 11.5. The van der Waals surface area contributed by atoms with E-state index in [1.807, 2.05) is 30.3 Å². The van der Waals surface area contributed by atoms with Crippen molar-refractivity contribution >= 4 is 46.5 Å². The molecule has 17 nitrogen and oxygen atoms in total. The molecule has 64 heavy (non-hydrogen) atoms. The highest BCUT2D eigenvalue weighted by Gasteiger charge is 2.44. The summed E-state index contributed by atoms with van der Waals surface area (Å²) in [6.07, 6.45) is 11.1. The molecule has 5 fully saturated rings. The number of alkyl halides is 2. The third-order valence-corrected chi connectivity index (χ3v) is 14.1. The highest BCUT2D eigenvalue weighted by atomic mass is 19.3. The van der Waals surface area contributed by atoms with Crippen LogP contribution in [-0.2, 0) is 26.1 Å². The monoisotopic (exact) mass is 881 g/mol. The smallest absolute Gasteiger partial charge is 0.329 e. The molecular formula is C45H53F2N11O6. The van der Waals surface area contributed by atoms with Gasteiger partial charge in [-0.3, -0.25) is 38.4 Å². The van der Waals surface area contributed by atoms with Crippen molar-refractivity contribution in [2.45, 2.75) is 101 Å². The number of morpholine rings is 1. The van der Waals surface area contributed by atoms with Crippen molar-refractivity contribution in [3.8, 4) is 11.8 Å². The average Bonchev–Trinajstić information content (AvgIpc) is 4.14. The summed E-state index contributed by atoms with van der Waals surface area (Å²) in [5.74, 6) is 6.06. The van der Waals surface area contributed by atoms with Gasteiger partial charge in [0.05, 0.1) is 53.3 Å². The first-order chi connectivity index (χ1) is 31.0. The molecule has 2 unspecified atom stereocenters. The van der Waals surface area contributed by atoms with Gasteiger partial charge < -0.3 is 24.6 Å². The molecule has 4 atom stereocenters. The van der Waals surface area contributed by atoms with E-state index < -0.39 is 30.0 Å². The number of nitrogens with one attached hydrogen (secondary N) is 2. The van der Waals surface area contributed by atoms with Crippen molar-refractivity contribution in [1.82, 2.24) is 43.8 Å². The fraction of sp³-hybridized carbons (Fsp3) is 0.556. The van der Waals surface area contributed by atoms with Crippen molar-refractivity contribution < 1.29 is 32.6 Å². The second-order valence-corrected chi connectivity index (χ2v) is 18.0. The number of benzene rings is 1. The summed E-state index contributed by atoms with van der Waals surface area (Å²) >= 11 is 0. The molecule has 2 bridgehead atoms. The van der Waals surface area contributed by atoms with E-state index in [1.54, 1.807) is 28.7 Å². The van der Waals surface area contributed by atoms with Crippen molar-refractivity contribution in [3.63, 3.8) is 0 Å². The fourth-order valence-corrected chi connectivity index (χ4v) is 10.8. The van der Waals surface area contributed by atoms with Crippen LogP contribution in [0.25, 0.3) is 17.2 Å². The van der Waals surface area contributed by atoms with Gasteiger partial charge in [0.25, 0.3) is 12.3 Å². The van der Waals surface area contributed by atoms with Crippen molar-refractivity contribution in [1.29, 1.82) is 0 Å². The van der Waals surface area contributed by atoms with Crippen LogP contribution in [0.1, 0.15) is 97.9 Å². The van der Waals surface area contributed by atoms with Gasteiger partial charge in [-0.25, -0.2) is 18.3 Å². The number of hydrogen-bond acceptors (Lipinski definition) is 11. The zero-order chi connectivity index (χ0) is 44.2. The number of carbonyl (C=O) groups excluding carboxylic acids is 3. The third kappa shape index (κ3) is 7.94. The van der Waals surface area contributed by atoms with Crippen molar-refractivity contribution in [2.75, 3.05) is 56.7 Å². The predicted molar refractivity (Wildman–Crippen MR) is 232 cm³/mol. The Labute approximate surface area is 368 Å². The van der Waals surface area contributed by atoms with Crippen molar-refractivity contribution in [2.24, 2.45) is 13.0 Å². The van der Waals surface area contributed by atoms with Gasteiger partial charge in [0.15, 0.2) is 5.69 Å². The molecule has 4 aromatic rings. The van der Waals surface area contributed by atoms with E-state index in [9.17, 15) is 28.0 Å².